The van der Waals surface area contributed by atoms with E-state index in [9.17, 15) is 0 Å². The number of rotatable bonds is 4. The van der Waals surface area contributed by atoms with Gasteiger partial charge in [-0.1, -0.05) is 69.1 Å². The average Bonchev–Trinajstić information content (AvgIpc) is 2.39. The Morgan fingerprint density at radius 1 is 1.05 bits per heavy atom. The summed E-state index contributed by atoms with van der Waals surface area (Å²) in [7, 11) is 0. The molecule has 1 atom stereocenters. The Balaban J connectivity index is 0.00000200. The van der Waals surface area contributed by atoms with Crippen LogP contribution in [0.5, 0.6) is 0 Å². The summed E-state index contributed by atoms with van der Waals surface area (Å²) in [5.74, 6) is 0. The minimum absolute atomic E-state index is 0. The normalized spacial score (nSPS) is 18.4. The Hall–Kier alpha value is -0.263. The van der Waals surface area contributed by atoms with Gasteiger partial charge in [0.05, 0.1) is 0 Å². The third kappa shape index (κ3) is 6.02. The van der Waals surface area contributed by atoms with Crippen molar-refractivity contribution < 1.29 is 18.9 Å². The summed E-state index contributed by atoms with van der Waals surface area (Å²) >= 11 is 0. The quantitative estimate of drug-likeness (QED) is 0.753. The van der Waals surface area contributed by atoms with Crippen LogP contribution in [0.2, 0.25) is 0 Å². The molecule has 0 amide bonds. The number of hydrogen-bond donors (Lipinski definition) is 0. The first-order valence-corrected chi connectivity index (χ1v) is 7.54. The Morgan fingerprint density at radius 3 is 2.20 bits per heavy atom. The van der Waals surface area contributed by atoms with Gasteiger partial charge in [0.2, 0.25) is 0 Å². The van der Waals surface area contributed by atoms with E-state index in [2.05, 4.69) is 56.0 Å². The van der Waals surface area contributed by atoms with Gasteiger partial charge in [0.25, 0.3) is 0 Å². The van der Waals surface area contributed by atoms with Crippen molar-refractivity contribution in [2.75, 3.05) is 19.6 Å². The summed E-state index contributed by atoms with van der Waals surface area (Å²) in [5, 5.41) is 5.03. The van der Waals surface area contributed by atoms with E-state index in [1.165, 1.54) is 37.9 Å². The van der Waals surface area contributed by atoms with Crippen molar-refractivity contribution in [3.05, 3.63) is 41.2 Å². The van der Waals surface area contributed by atoms with Crippen molar-refractivity contribution in [2.45, 2.75) is 51.6 Å². The van der Waals surface area contributed by atoms with Crippen LogP contribution in [0.3, 0.4) is 0 Å². The molecule has 0 N–H and O–H groups in total. The van der Waals surface area contributed by atoms with Crippen LogP contribution in [0.25, 0.3) is 5.32 Å². The second kappa shape index (κ2) is 8.25. The van der Waals surface area contributed by atoms with Crippen LogP contribution >= 0.6 is 0 Å². The zero-order valence-electron chi connectivity index (χ0n) is 13.6. The standard InChI is InChI=1S/C17H27N2.Li/c1-17(2,3)18-16(15-10-6-4-7-11-15)14-19-12-8-5-9-13-19;/h4,6-7,10-11,16H,5,8-9,12-14H2,1-3H3;/q-1;+1/t16-;/m1./s1. The van der Waals surface area contributed by atoms with E-state index in [0.29, 0.717) is 6.04 Å². The van der Waals surface area contributed by atoms with E-state index in [1.807, 2.05) is 0 Å². The van der Waals surface area contributed by atoms with E-state index in [4.69, 9.17) is 5.32 Å². The zero-order chi connectivity index (χ0) is 13.7. The Morgan fingerprint density at radius 2 is 1.65 bits per heavy atom. The Bertz CT molecular complexity index is 366. The van der Waals surface area contributed by atoms with Gasteiger partial charge >= 0.3 is 18.9 Å². The summed E-state index contributed by atoms with van der Waals surface area (Å²) in [5.41, 5.74) is 1.37. The van der Waals surface area contributed by atoms with Crippen LogP contribution in [0.4, 0.5) is 0 Å². The van der Waals surface area contributed by atoms with Crippen LogP contribution in [-0.2, 0) is 0 Å². The van der Waals surface area contributed by atoms with Gasteiger partial charge in [-0.25, -0.2) is 0 Å². The molecular weight excluding hydrogens is 239 g/mol. The van der Waals surface area contributed by atoms with E-state index in [1.54, 1.807) is 0 Å². The van der Waals surface area contributed by atoms with Crippen molar-refractivity contribution in [3.63, 3.8) is 0 Å². The number of benzene rings is 1. The second-order valence-corrected chi connectivity index (χ2v) is 6.59. The fraction of sp³-hybridized carbons (Fsp3) is 0.647. The first kappa shape index (κ1) is 17.8. The van der Waals surface area contributed by atoms with E-state index < -0.39 is 0 Å². The predicted octanol–water partition coefficient (Wildman–Crippen LogP) is 1.39. The third-order valence-corrected chi connectivity index (χ3v) is 3.61. The first-order valence-electron chi connectivity index (χ1n) is 7.54. The molecule has 0 spiro atoms. The molecule has 2 rings (SSSR count). The molecule has 1 aromatic carbocycles. The molecule has 1 aromatic rings. The maximum absolute atomic E-state index is 5.03. The molecule has 106 valence electrons. The summed E-state index contributed by atoms with van der Waals surface area (Å²) in [4.78, 5) is 2.58. The van der Waals surface area contributed by atoms with Crippen LogP contribution in [0.1, 0.15) is 51.6 Å². The molecular formula is C17H27LiN2. The van der Waals surface area contributed by atoms with Crippen LogP contribution in [0, 0.1) is 0 Å². The Labute approximate surface area is 136 Å². The summed E-state index contributed by atoms with van der Waals surface area (Å²) < 4.78 is 0. The molecule has 0 bridgehead atoms. The van der Waals surface area contributed by atoms with Gasteiger partial charge in [0.1, 0.15) is 0 Å². The fourth-order valence-corrected chi connectivity index (χ4v) is 2.75. The molecule has 2 nitrogen and oxygen atoms in total. The van der Waals surface area contributed by atoms with Crippen LogP contribution in [0.15, 0.2) is 30.3 Å². The summed E-state index contributed by atoms with van der Waals surface area (Å²) in [6, 6.07) is 11.1. The van der Waals surface area contributed by atoms with Gasteiger partial charge < -0.3 is 10.2 Å². The average molecular weight is 266 g/mol. The largest absolute Gasteiger partial charge is 1.00 e. The molecule has 3 heteroatoms. The number of nitrogens with zero attached hydrogens (tertiary/aromatic N) is 2. The van der Waals surface area contributed by atoms with Crippen molar-refractivity contribution in [3.8, 4) is 0 Å². The Kier molecular flexibility index (Phi) is 7.33. The second-order valence-electron chi connectivity index (χ2n) is 6.59. The maximum Gasteiger partial charge on any atom is 1.00 e. The monoisotopic (exact) mass is 266 g/mol. The minimum Gasteiger partial charge on any atom is -0.650 e. The molecule has 0 aliphatic carbocycles. The molecule has 1 saturated heterocycles. The maximum atomic E-state index is 5.03. The van der Waals surface area contributed by atoms with Crippen molar-refractivity contribution in [2.24, 2.45) is 0 Å². The summed E-state index contributed by atoms with van der Waals surface area (Å²) in [6.45, 7) is 10.1. The predicted molar refractivity (Wildman–Crippen MR) is 82.6 cm³/mol. The smallest absolute Gasteiger partial charge is 0.650 e. The van der Waals surface area contributed by atoms with E-state index >= 15 is 0 Å². The first-order chi connectivity index (χ1) is 9.04. The third-order valence-electron chi connectivity index (χ3n) is 3.61. The molecule has 0 aromatic heterocycles. The van der Waals surface area contributed by atoms with Crippen molar-refractivity contribution in [1.29, 1.82) is 0 Å². The molecule has 20 heavy (non-hydrogen) atoms. The topological polar surface area (TPSA) is 17.3 Å². The van der Waals surface area contributed by atoms with E-state index in [0.717, 1.165) is 6.54 Å². The number of hydrogen-bond acceptors (Lipinski definition) is 1. The molecule has 1 aliphatic rings. The van der Waals surface area contributed by atoms with Gasteiger partial charge in [-0.15, -0.1) is 5.54 Å². The minimum atomic E-state index is 0. The molecule has 1 heterocycles. The number of piperidine rings is 1. The molecule has 0 saturated carbocycles. The molecule has 1 aliphatic heterocycles. The fourth-order valence-electron chi connectivity index (χ4n) is 2.75. The zero-order valence-corrected chi connectivity index (χ0v) is 13.6. The van der Waals surface area contributed by atoms with Gasteiger partial charge in [-0.05, 0) is 32.5 Å². The van der Waals surface area contributed by atoms with Gasteiger partial charge in [0.15, 0.2) is 0 Å². The van der Waals surface area contributed by atoms with Crippen molar-refractivity contribution >= 4 is 0 Å². The van der Waals surface area contributed by atoms with Gasteiger partial charge in [0, 0.05) is 0 Å². The van der Waals surface area contributed by atoms with Crippen LogP contribution < -0.4 is 18.9 Å². The van der Waals surface area contributed by atoms with E-state index in [-0.39, 0.29) is 24.4 Å². The van der Waals surface area contributed by atoms with Crippen molar-refractivity contribution in [1.82, 2.24) is 4.90 Å². The van der Waals surface area contributed by atoms with Gasteiger partial charge in [-0.3, -0.25) is 0 Å². The SMILES string of the molecule is CC(C)(C)[N-][C@H](CN1CCCCC1)c1ccccc1.[Li+]. The number of likely N-dealkylation sites (tertiary alicyclic amines) is 1. The summed E-state index contributed by atoms with van der Waals surface area (Å²) in [6.07, 6.45) is 4.08. The molecule has 0 unspecified atom stereocenters. The van der Waals surface area contributed by atoms with Crippen LogP contribution in [-0.4, -0.2) is 30.1 Å². The van der Waals surface area contributed by atoms with Gasteiger partial charge in [-0.2, -0.15) is 0 Å². The molecule has 1 fully saturated rings. The molecule has 0 radical (unpaired) electrons.